The van der Waals surface area contributed by atoms with E-state index in [4.69, 9.17) is 4.74 Å². The summed E-state index contributed by atoms with van der Waals surface area (Å²) in [5.74, 6) is 0.792. The topological polar surface area (TPSA) is 41.6 Å². The van der Waals surface area contributed by atoms with Crippen molar-refractivity contribution in [2.24, 2.45) is 5.92 Å². The predicted octanol–water partition coefficient (Wildman–Crippen LogP) is 0.623. The van der Waals surface area contributed by atoms with Gasteiger partial charge in [0, 0.05) is 13.1 Å². The molecule has 1 atom stereocenters. The van der Waals surface area contributed by atoms with E-state index in [0.29, 0.717) is 5.92 Å². The molecule has 1 amide bonds. The van der Waals surface area contributed by atoms with Crippen molar-refractivity contribution in [3.05, 3.63) is 0 Å². The van der Waals surface area contributed by atoms with E-state index in [0.717, 1.165) is 32.6 Å². The fraction of sp³-hybridized carbons (Fsp3) is 0.917. The standard InChI is InChI=1S/C12H22N2O2/c1-2-7-14-8-11(16-9-12(14)15)10-3-5-13-6-4-10/h10-11,13H,2-9H2,1H3. The van der Waals surface area contributed by atoms with Gasteiger partial charge in [-0.3, -0.25) is 4.79 Å². The van der Waals surface area contributed by atoms with Gasteiger partial charge in [-0.15, -0.1) is 0 Å². The third-order valence-corrected chi connectivity index (χ3v) is 3.58. The molecular weight excluding hydrogens is 204 g/mol. The number of rotatable bonds is 3. The van der Waals surface area contributed by atoms with Crippen LogP contribution in [0.25, 0.3) is 0 Å². The van der Waals surface area contributed by atoms with E-state index in [1.807, 2.05) is 4.90 Å². The highest BCUT2D eigenvalue weighted by atomic mass is 16.5. The van der Waals surface area contributed by atoms with Crippen LogP contribution in [0.2, 0.25) is 0 Å². The highest BCUT2D eigenvalue weighted by molar-refractivity contribution is 5.78. The Labute approximate surface area is 97.3 Å². The number of carbonyl (C=O) groups excluding carboxylic acids is 1. The number of nitrogens with one attached hydrogen (secondary N) is 1. The molecular formula is C12H22N2O2. The molecule has 0 saturated carbocycles. The molecule has 92 valence electrons. The van der Waals surface area contributed by atoms with Crippen molar-refractivity contribution in [3.63, 3.8) is 0 Å². The normalized spacial score (nSPS) is 28.4. The van der Waals surface area contributed by atoms with Gasteiger partial charge in [0.15, 0.2) is 0 Å². The number of ether oxygens (including phenoxy) is 1. The zero-order valence-corrected chi connectivity index (χ0v) is 10.1. The molecule has 2 aliphatic rings. The van der Waals surface area contributed by atoms with E-state index in [1.54, 1.807) is 0 Å². The number of nitrogens with zero attached hydrogens (tertiary/aromatic N) is 1. The van der Waals surface area contributed by atoms with Crippen molar-refractivity contribution in [1.82, 2.24) is 10.2 Å². The van der Waals surface area contributed by atoms with E-state index in [9.17, 15) is 4.79 Å². The third kappa shape index (κ3) is 2.74. The van der Waals surface area contributed by atoms with Crippen LogP contribution >= 0.6 is 0 Å². The van der Waals surface area contributed by atoms with Gasteiger partial charge in [0.25, 0.3) is 0 Å². The molecule has 0 aromatic rings. The molecule has 0 aliphatic carbocycles. The van der Waals surface area contributed by atoms with Crippen LogP contribution in [0.1, 0.15) is 26.2 Å². The molecule has 1 N–H and O–H groups in total. The second-order valence-electron chi connectivity index (χ2n) is 4.78. The maximum atomic E-state index is 11.6. The van der Waals surface area contributed by atoms with Crippen LogP contribution in [0.5, 0.6) is 0 Å². The first-order chi connectivity index (χ1) is 7.81. The summed E-state index contributed by atoms with van der Waals surface area (Å²) < 4.78 is 5.69. The molecule has 2 rings (SSSR count). The minimum absolute atomic E-state index is 0.159. The number of morpholine rings is 1. The summed E-state index contributed by atoms with van der Waals surface area (Å²) in [6.45, 7) is 6.26. The Morgan fingerprint density at radius 2 is 2.19 bits per heavy atom. The average Bonchev–Trinajstić information content (AvgIpc) is 2.33. The van der Waals surface area contributed by atoms with Crippen LogP contribution < -0.4 is 5.32 Å². The van der Waals surface area contributed by atoms with Crippen molar-refractivity contribution in [3.8, 4) is 0 Å². The van der Waals surface area contributed by atoms with Crippen LogP contribution in [0, 0.1) is 5.92 Å². The molecule has 0 aromatic carbocycles. The van der Waals surface area contributed by atoms with Gasteiger partial charge in [-0.25, -0.2) is 0 Å². The molecule has 2 aliphatic heterocycles. The predicted molar refractivity (Wildman–Crippen MR) is 62.2 cm³/mol. The lowest BCUT2D eigenvalue weighted by molar-refractivity contribution is -0.152. The summed E-state index contributed by atoms with van der Waals surface area (Å²) in [6, 6.07) is 0. The van der Waals surface area contributed by atoms with Gasteiger partial charge in [0.2, 0.25) is 5.91 Å². The summed E-state index contributed by atoms with van der Waals surface area (Å²) in [6.07, 6.45) is 3.66. The Morgan fingerprint density at radius 1 is 1.44 bits per heavy atom. The summed E-state index contributed by atoms with van der Waals surface area (Å²) in [5, 5.41) is 3.36. The highest BCUT2D eigenvalue weighted by Gasteiger charge is 2.31. The second kappa shape index (κ2) is 5.64. The molecule has 0 spiro atoms. The van der Waals surface area contributed by atoms with Crippen molar-refractivity contribution < 1.29 is 9.53 Å². The minimum Gasteiger partial charge on any atom is -0.366 e. The first-order valence-corrected chi connectivity index (χ1v) is 6.41. The Morgan fingerprint density at radius 3 is 2.88 bits per heavy atom. The number of hydrogen-bond donors (Lipinski definition) is 1. The summed E-state index contributed by atoms with van der Waals surface area (Å²) in [5.41, 5.74) is 0. The van der Waals surface area contributed by atoms with Crippen LogP contribution in [0.4, 0.5) is 0 Å². The molecule has 2 fully saturated rings. The van der Waals surface area contributed by atoms with Gasteiger partial charge < -0.3 is 15.0 Å². The zero-order chi connectivity index (χ0) is 11.4. The number of amides is 1. The lowest BCUT2D eigenvalue weighted by atomic mass is 9.91. The summed E-state index contributed by atoms with van der Waals surface area (Å²) >= 11 is 0. The molecule has 0 radical (unpaired) electrons. The van der Waals surface area contributed by atoms with Gasteiger partial charge in [-0.2, -0.15) is 0 Å². The quantitative estimate of drug-likeness (QED) is 0.767. The number of carbonyl (C=O) groups is 1. The van der Waals surface area contributed by atoms with E-state index < -0.39 is 0 Å². The molecule has 4 nitrogen and oxygen atoms in total. The Bertz CT molecular complexity index is 239. The monoisotopic (exact) mass is 226 g/mol. The Balaban J connectivity index is 1.88. The first-order valence-electron chi connectivity index (χ1n) is 6.41. The highest BCUT2D eigenvalue weighted by Crippen LogP contribution is 2.22. The first kappa shape index (κ1) is 11.9. The van der Waals surface area contributed by atoms with E-state index in [1.165, 1.54) is 12.8 Å². The van der Waals surface area contributed by atoms with Gasteiger partial charge in [0.05, 0.1) is 6.10 Å². The average molecular weight is 226 g/mol. The third-order valence-electron chi connectivity index (χ3n) is 3.58. The summed E-state index contributed by atoms with van der Waals surface area (Å²) in [4.78, 5) is 13.6. The van der Waals surface area contributed by atoms with Gasteiger partial charge in [-0.05, 0) is 38.3 Å². The van der Waals surface area contributed by atoms with E-state index >= 15 is 0 Å². The molecule has 16 heavy (non-hydrogen) atoms. The molecule has 2 heterocycles. The SMILES string of the molecule is CCCN1CC(C2CCNCC2)OCC1=O. The fourth-order valence-electron chi connectivity index (χ4n) is 2.63. The zero-order valence-electron chi connectivity index (χ0n) is 10.1. The summed E-state index contributed by atoms with van der Waals surface area (Å²) in [7, 11) is 0. The number of hydrogen-bond acceptors (Lipinski definition) is 3. The molecule has 4 heteroatoms. The van der Waals surface area contributed by atoms with Gasteiger partial charge in [-0.1, -0.05) is 6.92 Å². The molecule has 0 bridgehead atoms. The van der Waals surface area contributed by atoms with Crippen molar-refractivity contribution >= 4 is 5.91 Å². The Kier molecular flexibility index (Phi) is 4.18. The molecule has 1 unspecified atom stereocenters. The van der Waals surface area contributed by atoms with Crippen molar-refractivity contribution in [1.29, 1.82) is 0 Å². The fourth-order valence-corrected chi connectivity index (χ4v) is 2.63. The smallest absolute Gasteiger partial charge is 0.248 e. The van der Waals surface area contributed by atoms with Gasteiger partial charge >= 0.3 is 0 Å². The van der Waals surface area contributed by atoms with E-state index in [2.05, 4.69) is 12.2 Å². The maximum absolute atomic E-state index is 11.6. The van der Waals surface area contributed by atoms with Crippen LogP contribution in [-0.4, -0.2) is 49.7 Å². The maximum Gasteiger partial charge on any atom is 0.248 e. The lowest BCUT2D eigenvalue weighted by Crippen LogP contribution is -2.50. The number of piperidine rings is 1. The minimum atomic E-state index is 0.159. The van der Waals surface area contributed by atoms with Crippen LogP contribution in [0.3, 0.4) is 0 Å². The molecule has 0 aromatic heterocycles. The second-order valence-corrected chi connectivity index (χ2v) is 4.78. The van der Waals surface area contributed by atoms with Gasteiger partial charge in [0.1, 0.15) is 6.61 Å². The van der Waals surface area contributed by atoms with E-state index in [-0.39, 0.29) is 18.6 Å². The lowest BCUT2D eigenvalue weighted by Gasteiger charge is -2.38. The Hall–Kier alpha value is -0.610. The van der Waals surface area contributed by atoms with Crippen LogP contribution in [-0.2, 0) is 9.53 Å². The molecule has 2 saturated heterocycles. The van der Waals surface area contributed by atoms with Crippen LogP contribution in [0.15, 0.2) is 0 Å². The van der Waals surface area contributed by atoms with Crippen molar-refractivity contribution in [2.75, 3.05) is 32.8 Å². The largest absolute Gasteiger partial charge is 0.366 e. The van der Waals surface area contributed by atoms with Crippen molar-refractivity contribution in [2.45, 2.75) is 32.3 Å².